The average Bonchev–Trinajstić information content (AvgIpc) is 2.76. The smallest absolute Gasteiger partial charge is 0.140 e. The highest BCUT2D eigenvalue weighted by molar-refractivity contribution is 4.85. The Balaban J connectivity index is 1.79. The van der Waals surface area contributed by atoms with Gasteiger partial charge in [-0.1, -0.05) is 0 Å². The lowest BCUT2D eigenvalue weighted by Crippen LogP contribution is -2.40. The topological polar surface area (TPSA) is 46.0 Å². The molecule has 16 heavy (non-hydrogen) atoms. The fourth-order valence-corrected chi connectivity index (χ4v) is 2.14. The molecule has 0 atom stereocenters. The minimum atomic E-state index is 0.637. The molecule has 1 N–H and O–H groups in total. The van der Waals surface area contributed by atoms with E-state index in [2.05, 4.69) is 34.3 Å². The van der Waals surface area contributed by atoms with Gasteiger partial charge in [-0.3, -0.25) is 0 Å². The second-order valence-electron chi connectivity index (χ2n) is 4.45. The standard InChI is InChI=1S/C11H21N5/c1-3-16-11(13-9-14-16)8-12-10-4-6-15(2)7-5-10/h9-10,12H,3-8H2,1-2H3. The molecule has 2 rings (SSSR count). The summed E-state index contributed by atoms with van der Waals surface area (Å²) in [5.41, 5.74) is 0. The fourth-order valence-electron chi connectivity index (χ4n) is 2.14. The van der Waals surface area contributed by atoms with E-state index in [4.69, 9.17) is 0 Å². The quantitative estimate of drug-likeness (QED) is 0.806. The Labute approximate surface area is 96.8 Å². The maximum absolute atomic E-state index is 4.27. The van der Waals surface area contributed by atoms with Crippen LogP contribution in [0.3, 0.4) is 0 Å². The van der Waals surface area contributed by atoms with E-state index in [1.54, 1.807) is 6.33 Å². The third-order valence-electron chi connectivity index (χ3n) is 3.26. The Hall–Kier alpha value is -0.940. The van der Waals surface area contributed by atoms with Crippen LogP contribution in [-0.4, -0.2) is 45.8 Å². The van der Waals surface area contributed by atoms with Crippen molar-refractivity contribution in [1.82, 2.24) is 25.0 Å². The van der Waals surface area contributed by atoms with E-state index in [0.717, 1.165) is 18.9 Å². The van der Waals surface area contributed by atoms with Gasteiger partial charge in [0.15, 0.2) is 0 Å². The van der Waals surface area contributed by atoms with E-state index in [0.29, 0.717) is 6.04 Å². The first-order valence-electron chi connectivity index (χ1n) is 6.08. The molecule has 0 unspecified atom stereocenters. The molecule has 1 saturated heterocycles. The highest BCUT2D eigenvalue weighted by Gasteiger charge is 2.16. The van der Waals surface area contributed by atoms with Gasteiger partial charge in [0, 0.05) is 12.6 Å². The van der Waals surface area contributed by atoms with Gasteiger partial charge in [0.1, 0.15) is 12.2 Å². The first kappa shape index (κ1) is 11.5. The second-order valence-corrected chi connectivity index (χ2v) is 4.45. The van der Waals surface area contributed by atoms with Crippen LogP contribution in [0.15, 0.2) is 6.33 Å². The van der Waals surface area contributed by atoms with Gasteiger partial charge in [-0.15, -0.1) is 0 Å². The van der Waals surface area contributed by atoms with Crippen molar-refractivity contribution in [3.8, 4) is 0 Å². The second kappa shape index (κ2) is 5.41. The molecule has 0 saturated carbocycles. The van der Waals surface area contributed by atoms with Crippen LogP contribution in [0.1, 0.15) is 25.6 Å². The van der Waals surface area contributed by atoms with E-state index in [1.807, 2.05) is 4.68 Å². The molecular weight excluding hydrogens is 202 g/mol. The number of hydrogen-bond donors (Lipinski definition) is 1. The molecule has 1 aromatic heterocycles. The molecule has 0 aliphatic carbocycles. The Kier molecular flexibility index (Phi) is 3.90. The normalized spacial score (nSPS) is 19.1. The SMILES string of the molecule is CCn1ncnc1CNC1CCN(C)CC1. The van der Waals surface area contributed by atoms with Crippen LogP contribution >= 0.6 is 0 Å². The third kappa shape index (κ3) is 2.80. The minimum absolute atomic E-state index is 0.637. The number of nitrogens with zero attached hydrogens (tertiary/aromatic N) is 4. The summed E-state index contributed by atoms with van der Waals surface area (Å²) in [6.45, 7) is 6.21. The minimum Gasteiger partial charge on any atom is -0.307 e. The number of rotatable bonds is 4. The van der Waals surface area contributed by atoms with Crippen LogP contribution in [0.4, 0.5) is 0 Å². The van der Waals surface area contributed by atoms with Crippen LogP contribution in [0.25, 0.3) is 0 Å². The van der Waals surface area contributed by atoms with E-state index in [9.17, 15) is 0 Å². The van der Waals surface area contributed by atoms with Gasteiger partial charge < -0.3 is 10.2 Å². The van der Waals surface area contributed by atoms with Crippen LogP contribution in [-0.2, 0) is 13.1 Å². The van der Waals surface area contributed by atoms with Crippen molar-refractivity contribution in [3.05, 3.63) is 12.2 Å². The lowest BCUT2D eigenvalue weighted by atomic mass is 10.1. The third-order valence-corrected chi connectivity index (χ3v) is 3.26. The molecule has 1 aliphatic rings. The number of likely N-dealkylation sites (tertiary alicyclic amines) is 1. The molecule has 0 spiro atoms. The molecule has 1 aromatic rings. The predicted octanol–water partition coefficient (Wildman–Crippen LogP) is 0.482. The van der Waals surface area contributed by atoms with Gasteiger partial charge in [-0.2, -0.15) is 5.10 Å². The van der Waals surface area contributed by atoms with Gasteiger partial charge in [-0.05, 0) is 39.9 Å². The molecule has 0 aromatic carbocycles. The number of nitrogens with one attached hydrogen (secondary N) is 1. The van der Waals surface area contributed by atoms with Gasteiger partial charge in [0.25, 0.3) is 0 Å². The summed E-state index contributed by atoms with van der Waals surface area (Å²) in [5.74, 6) is 1.04. The Bertz CT molecular complexity index is 314. The van der Waals surface area contributed by atoms with Crippen LogP contribution in [0.5, 0.6) is 0 Å². The number of piperidine rings is 1. The highest BCUT2D eigenvalue weighted by atomic mass is 15.3. The first-order chi connectivity index (χ1) is 7.79. The molecule has 1 fully saturated rings. The van der Waals surface area contributed by atoms with E-state index in [1.165, 1.54) is 25.9 Å². The zero-order valence-electron chi connectivity index (χ0n) is 10.2. The van der Waals surface area contributed by atoms with Gasteiger partial charge >= 0.3 is 0 Å². The molecule has 5 heteroatoms. The lowest BCUT2D eigenvalue weighted by Gasteiger charge is -2.29. The Morgan fingerprint density at radius 1 is 1.44 bits per heavy atom. The molecule has 0 bridgehead atoms. The molecule has 5 nitrogen and oxygen atoms in total. The van der Waals surface area contributed by atoms with E-state index >= 15 is 0 Å². The summed E-state index contributed by atoms with van der Waals surface area (Å²) in [5, 5.41) is 7.74. The van der Waals surface area contributed by atoms with Crippen molar-refractivity contribution in [3.63, 3.8) is 0 Å². The first-order valence-corrected chi connectivity index (χ1v) is 6.08. The monoisotopic (exact) mass is 223 g/mol. The van der Waals surface area contributed by atoms with Crippen molar-refractivity contribution in [1.29, 1.82) is 0 Å². The van der Waals surface area contributed by atoms with Crippen molar-refractivity contribution in [2.75, 3.05) is 20.1 Å². The summed E-state index contributed by atoms with van der Waals surface area (Å²) < 4.78 is 1.95. The number of aryl methyl sites for hydroxylation is 1. The summed E-state index contributed by atoms with van der Waals surface area (Å²) >= 11 is 0. The van der Waals surface area contributed by atoms with Gasteiger partial charge in [0.2, 0.25) is 0 Å². The van der Waals surface area contributed by atoms with Gasteiger partial charge in [-0.25, -0.2) is 9.67 Å². The summed E-state index contributed by atoms with van der Waals surface area (Å²) in [7, 11) is 2.18. The largest absolute Gasteiger partial charge is 0.307 e. The zero-order chi connectivity index (χ0) is 11.4. The molecule has 0 amide bonds. The van der Waals surface area contributed by atoms with Crippen molar-refractivity contribution in [2.24, 2.45) is 0 Å². The van der Waals surface area contributed by atoms with Crippen molar-refractivity contribution >= 4 is 0 Å². The Morgan fingerprint density at radius 3 is 2.88 bits per heavy atom. The lowest BCUT2D eigenvalue weighted by molar-refractivity contribution is 0.233. The molecular formula is C11H21N5. The van der Waals surface area contributed by atoms with Crippen LogP contribution in [0, 0.1) is 0 Å². The number of aromatic nitrogens is 3. The predicted molar refractivity (Wildman–Crippen MR) is 63.1 cm³/mol. The maximum atomic E-state index is 4.27. The van der Waals surface area contributed by atoms with Crippen molar-refractivity contribution < 1.29 is 0 Å². The highest BCUT2D eigenvalue weighted by Crippen LogP contribution is 2.08. The maximum Gasteiger partial charge on any atom is 0.140 e. The van der Waals surface area contributed by atoms with E-state index in [-0.39, 0.29) is 0 Å². The number of hydrogen-bond acceptors (Lipinski definition) is 4. The molecule has 90 valence electrons. The molecule has 0 radical (unpaired) electrons. The summed E-state index contributed by atoms with van der Waals surface area (Å²) in [4.78, 5) is 6.65. The molecule has 1 aliphatic heterocycles. The fraction of sp³-hybridized carbons (Fsp3) is 0.818. The van der Waals surface area contributed by atoms with Crippen molar-refractivity contribution in [2.45, 2.75) is 38.9 Å². The van der Waals surface area contributed by atoms with Gasteiger partial charge in [0.05, 0.1) is 6.54 Å². The van der Waals surface area contributed by atoms with Crippen LogP contribution < -0.4 is 5.32 Å². The zero-order valence-corrected chi connectivity index (χ0v) is 10.2. The van der Waals surface area contributed by atoms with E-state index < -0.39 is 0 Å². The average molecular weight is 223 g/mol. The summed E-state index contributed by atoms with van der Waals surface area (Å²) in [6, 6.07) is 0.637. The van der Waals surface area contributed by atoms with Crippen LogP contribution in [0.2, 0.25) is 0 Å². The molecule has 2 heterocycles. The summed E-state index contributed by atoms with van der Waals surface area (Å²) in [6.07, 6.45) is 4.10. The Morgan fingerprint density at radius 2 is 2.19 bits per heavy atom.